The monoisotopic (exact) mass is 243 g/mol. The highest BCUT2D eigenvalue weighted by molar-refractivity contribution is 5.93. The molecule has 0 aliphatic rings. The van der Waals surface area contributed by atoms with Gasteiger partial charge in [0, 0.05) is 5.69 Å². The normalized spacial score (nSPS) is 10.1. The second kappa shape index (κ2) is 4.85. The van der Waals surface area contributed by atoms with Crippen molar-refractivity contribution in [2.24, 2.45) is 5.84 Å². The molecule has 5 heteroatoms. The van der Waals surface area contributed by atoms with E-state index in [1.165, 1.54) is 6.07 Å². The number of nitrogens with two attached hydrogens (primary N) is 1. The summed E-state index contributed by atoms with van der Waals surface area (Å²) in [5, 5.41) is 0. The van der Waals surface area contributed by atoms with E-state index in [1.807, 2.05) is 36.6 Å². The number of hydrogen-bond acceptors (Lipinski definition) is 3. The number of nitrogens with one attached hydrogen (secondary N) is 2. The minimum Gasteiger partial charge on any atom is -0.321 e. The first kappa shape index (κ1) is 12.1. The molecule has 0 aliphatic heterocycles. The van der Waals surface area contributed by atoms with Crippen molar-refractivity contribution < 1.29 is 4.79 Å². The maximum absolute atomic E-state index is 11.7. The minimum absolute atomic E-state index is 0.00615. The van der Waals surface area contributed by atoms with Crippen LogP contribution < -0.4 is 16.8 Å². The highest BCUT2D eigenvalue weighted by Gasteiger charge is 2.09. The number of hydrazine groups is 1. The van der Waals surface area contributed by atoms with Crippen molar-refractivity contribution in [1.82, 2.24) is 10.4 Å². The summed E-state index contributed by atoms with van der Waals surface area (Å²) in [7, 11) is 0. The summed E-state index contributed by atoms with van der Waals surface area (Å²) in [5.41, 5.74) is 4.15. The molecule has 1 amide bonds. The number of hydrogen-bond donors (Lipinski definition) is 3. The number of rotatable bonds is 2. The predicted octanol–water partition coefficient (Wildman–Crippen LogP) is 0.954. The molecule has 0 radical (unpaired) electrons. The van der Waals surface area contributed by atoms with E-state index in [9.17, 15) is 9.59 Å². The van der Waals surface area contributed by atoms with E-state index in [4.69, 9.17) is 5.84 Å². The molecule has 0 saturated carbocycles. The predicted molar refractivity (Wildman–Crippen MR) is 68.9 cm³/mol. The van der Waals surface area contributed by atoms with Crippen molar-refractivity contribution in [3.05, 3.63) is 57.9 Å². The molecule has 0 fully saturated rings. The van der Waals surface area contributed by atoms with Gasteiger partial charge in [0.1, 0.15) is 5.56 Å². The van der Waals surface area contributed by atoms with E-state index in [0.717, 1.165) is 11.1 Å². The zero-order valence-corrected chi connectivity index (χ0v) is 9.86. The van der Waals surface area contributed by atoms with E-state index in [1.54, 1.807) is 6.07 Å². The Balaban J connectivity index is 2.43. The van der Waals surface area contributed by atoms with Gasteiger partial charge in [-0.05, 0) is 24.6 Å². The van der Waals surface area contributed by atoms with Crippen LogP contribution in [-0.2, 0) is 0 Å². The van der Waals surface area contributed by atoms with Gasteiger partial charge >= 0.3 is 0 Å². The molecule has 18 heavy (non-hydrogen) atoms. The van der Waals surface area contributed by atoms with Gasteiger partial charge in [-0.25, -0.2) is 5.84 Å². The third kappa shape index (κ3) is 2.31. The summed E-state index contributed by atoms with van der Waals surface area (Å²) in [6, 6.07) is 10.8. The number of aromatic nitrogens is 1. The van der Waals surface area contributed by atoms with Gasteiger partial charge in [0.15, 0.2) is 0 Å². The molecule has 5 nitrogen and oxygen atoms in total. The van der Waals surface area contributed by atoms with Gasteiger partial charge in [0.25, 0.3) is 11.5 Å². The number of carbonyl (C=O) groups excluding carboxylic acids is 1. The van der Waals surface area contributed by atoms with Crippen LogP contribution in [0.5, 0.6) is 0 Å². The van der Waals surface area contributed by atoms with Gasteiger partial charge in [-0.1, -0.05) is 29.8 Å². The third-order valence-electron chi connectivity index (χ3n) is 2.65. The quantitative estimate of drug-likeness (QED) is 0.417. The van der Waals surface area contributed by atoms with Crippen molar-refractivity contribution in [1.29, 1.82) is 0 Å². The SMILES string of the molecule is Cc1ccc(-c2ccc(C(=O)NN)c(=O)[nH]2)cc1. The average molecular weight is 243 g/mol. The van der Waals surface area contributed by atoms with Gasteiger partial charge in [-0.2, -0.15) is 0 Å². The van der Waals surface area contributed by atoms with Gasteiger partial charge in [-0.3, -0.25) is 15.0 Å². The Bertz CT molecular complexity index is 629. The summed E-state index contributed by atoms with van der Waals surface area (Å²) in [4.78, 5) is 25.6. The van der Waals surface area contributed by atoms with Gasteiger partial charge in [0.05, 0.1) is 0 Å². The van der Waals surface area contributed by atoms with Crippen LogP contribution in [0.2, 0.25) is 0 Å². The molecule has 1 heterocycles. The Kier molecular flexibility index (Phi) is 3.25. The van der Waals surface area contributed by atoms with Crippen LogP contribution in [0.25, 0.3) is 11.3 Å². The standard InChI is InChI=1S/C13H13N3O2/c1-8-2-4-9(5-3-8)11-7-6-10(12(17)15-11)13(18)16-14/h2-7H,14H2,1H3,(H,15,17)(H,16,18). The Morgan fingerprint density at radius 1 is 1.17 bits per heavy atom. The van der Waals surface area contributed by atoms with Crippen molar-refractivity contribution in [2.75, 3.05) is 0 Å². The van der Waals surface area contributed by atoms with Gasteiger partial charge < -0.3 is 4.98 Å². The summed E-state index contributed by atoms with van der Waals surface area (Å²) >= 11 is 0. The number of H-pyrrole nitrogens is 1. The number of benzene rings is 1. The van der Waals surface area contributed by atoms with Crippen molar-refractivity contribution in [2.45, 2.75) is 6.92 Å². The maximum atomic E-state index is 11.7. The Morgan fingerprint density at radius 2 is 1.83 bits per heavy atom. The lowest BCUT2D eigenvalue weighted by Crippen LogP contribution is -2.34. The number of pyridine rings is 1. The average Bonchev–Trinajstić information content (AvgIpc) is 2.38. The Labute approximate surface area is 104 Å². The second-order valence-electron chi connectivity index (χ2n) is 3.95. The largest absolute Gasteiger partial charge is 0.321 e. The number of amides is 1. The molecular weight excluding hydrogens is 230 g/mol. The number of aromatic amines is 1. The van der Waals surface area contributed by atoms with Crippen molar-refractivity contribution >= 4 is 5.91 Å². The fourth-order valence-corrected chi connectivity index (χ4v) is 1.63. The first-order chi connectivity index (χ1) is 8.61. The van der Waals surface area contributed by atoms with E-state index < -0.39 is 11.5 Å². The third-order valence-corrected chi connectivity index (χ3v) is 2.65. The molecule has 2 rings (SSSR count). The lowest BCUT2D eigenvalue weighted by Gasteiger charge is -2.04. The maximum Gasteiger partial charge on any atom is 0.270 e. The Hall–Kier alpha value is -2.40. The smallest absolute Gasteiger partial charge is 0.270 e. The molecule has 0 spiro atoms. The molecule has 0 saturated heterocycles. The molecule has 92 valence electrons. The fraction of sp³-hybridized carbons (Fsp3) is 0.0769. The van der Waals surface area contributed by atoms with Crippen molar-refractivity contribution in [3.8, 4) is 11.3 Å². The lowest BCUT2D eigenvalue weighted by atomic mass is 10.1. The summed E-state index contributed by atoms with van der Waals surface area (Å²) in [6.45, 7) is 1.99. The molecule has 1 aromatic carbocycles. The van der Waals surface area contributed by atoms with Crippen LogP contribution in [0.1, 0.15) is 15.9 Å². The first-order valence-electron chi connectivity index (χ1n) is 5.43. The summed E-state index contributed by atoms with van der Waals surface area (Å²) in [6.07, 6.45) is 0. The van der Waals surface area contributed by atoms with Crippen LogP contribution in [0.15, 0.2) is 41.2 Å². The minimum atomic E-state index is -0.605. The van der Waals surface area contributed by atoms with Crippen LogP contribution in [0.4, 0.5) is 0 Å². The number of carbonyl (C=O) groups is 1. The van der Waals surface area contributed by atoms with Crippen LogP contribution >= 0.6 is 0 Å². The fourth-order valence-electron chi connectivity index (χ4n) is 1.63. The molecule has 0 unspecified atom stereocenters. The van der Waals surface area contributed by atoms with E-state index in [0.29, 0.717) is 5.69 Å². The molecule has 0 bridgehead atoms. The van der Waals surface area contributed by atoms with Crippen LogP contribution in [0.3, 0.4) is 0 Å². The molecule has 4 N–H and O–H groups in total. The Morgan fingerprint density at radius 3 is 2.39 bits per heavy atom. The highest BCUT2D eigenvalue weighted by Crippen LogP contribution is 2.16. The van der Waals surface area contributed by atoms with E-state index in [-0.39, 0.29) is 5.56 Å². The molecule has 2 aromatic rings. The van der Waals surface area contributed by atoms with E-state index in [2.05, 4.69) is 4.98 Å². The summed E-state index contributed by atoms with van der Waals surface area (Å²) in [5.74, 6) is 4.38. The molecule has 0 atom stereocenters. The van der Waals surface area contributed by atoms with Gasteiger partial charge in [-0.15, -0.1) is 0 Å². The molecule has 1 aromatic heterocycles. The van der Waals surface area contributed by atoms with Crippen LogP contribution in [0, 0.1) is 6.92 Å². The van der Waals surface area contributed by atoms with Crippen molar-refractivity contribution in [3.63, 3.8) is 0 Å². The zero-order chi connectivity index (χ0) is 13.1. The lowest BCUT2D eigenvalue weighted by molar-refractivity contribution is 0.0952. The number of aryl methyl sites for hydroxylation is 1. The number of nitrogen functional groups attached to an aromatic ring is 1. The second-order valence-corrected chi connectivity index (χ2v) is 3.95. The zero-order valence-electron chi connectivity index (χ0n) is 9.86. The van der Waals surface area contributed by atoms with Crippen LogP contribution in [-0.4, -0.2) is 10.9 Å². The molecule has 0 aliphatic carbocycles. The molecular formula is C13H13N3O2. The topological polar surface area (TPSA) is 88.0 Å². The summed E-state index contributed by atoms with van der Waals surface area (Å²) < 4.78 is 0. The highest BCUT2D eigenvalue weighted by atomic mass is 16.2. The van der Waals surface area contributed by atoms with E-state index >= 15 is 0 Å². The first-order valence-corrected chi connectivity index (χ1v) is 5.43. The van der Waals surface area contributed by atoms with Gasteiger partial charge in [0.2, 0.25) is 0 Å².